The maximum atomic E-state index is 10.9. The van der Waals surface area contributed by atoms with Crippen LogP contribution in [0.25, 0.3) is 0 Å². The summed E-state index contributed by atoms with van der Waals surface area (Å²) in [6.45, 7) is 3.94. The highest BCUT2D eigenvalue weighted by atomic mass is 32.2. The van der Waals surface area contributed by atoms with Crippen molar-refractivity contribution in [3.05, 3.63) is 0 Å². The quantitative estimate of drug-likeness (QED) is 0.693. The molecule has 1 aliphatic rings. The van der Waals surface area contributed by atoms with E-state index in [4.69, 9.17) is 10.2 Å². The smallest absolute Gasteiger partial charge is 0.320 e. The second-order valence-corrected chi connectivity index (χ2v) is 5.35. The molecule has 0 radical (unpaired) electrons. The molecule has 0 heterocycles. The van der Waals surface area contributed by atoms with Crippen molar-refractivity contribution in [2.45, 2.75) is 30.3 Å². The fourth-order valence-electron chi connectivity index (χ4n) is 1.40. The topological polar surface area (TPSA) is 57.5 Å². The highest BCUT2D eigenvalue weighted by Gasteiger charge is 2.61. The third-order valence-corrected chi connectivity index (χ3v) is 3.64. The molecule has 1 fully saturated rings. The lowest BCUT2D eigenvalue weighted by Crippen LogP contribution is -2.23. The summed E-state index contributed by atoms with van der Waals surface area (Å²) >= 11 is 1.45. The van der Waals surface area contributed by atoms with Crippen LogP contribution in [-0.4, -0.2) is 32.8 Å². The van der Waals surface area contributed by atoms with Crippen LogP contribution in [-0.2, 0) is 4.79 Å². The Morgan fingerprint density at radius 3 is 2.58 bits per heavy atom. The molecule has 3 nitrogen and oxygen atoms in total. The van der Waals surface area contributed by atoms with Crippen LogP contribution in [0.2, 0.25) is 0 Å². The van der Waals surface area contributed by atoms with E-state index in [0.29, 0.717) is 11.7 Å². The van der Waals surface area contributed by atoms with Crippen LogP contribution in [0.4, 0.5) is 0 Å². The van der Waals surface area contributed by atoms with Crippen LogP contribution in [0.5, 0.6) is 0 Å². The number of rotatable bonds is 4. The molecular weight excluding hydrogens is 176 g/mol. The number of aliphatic hydroxyl groups is 1. The predicted molar refractivity (Wildman–Crippen MR) is 48.3 cm³/mol. The van der Waals surface area contributed by atoms with Gasteiger partial charge in [-0.2, -0.15) is 0 Å². The van der Waals surface area contributed by atoms with Gasteiger partial charge in [0.25, 0.3) is 0 Å². The lowest BCUT2D eigenvalue weighted by molar-refractivity contribution is -0.137. The Morgan fingerprint density at radius 1 is 1.75 bits per heavy atom. The Morgan fingerprint density at radius 2 is 2.33 bits per heavy atom. The Kier molecular flexibility index (Phi) is 2.68. The lowest BCUT2D eigenvalue weighted by Gasteiger charge is -2.13. The average Bonchev–Trinajstić information content (AvgIpc) is 2.62. The minimum Gasteiger partial charge on any atom is -0.480 e. The molecule has 1 rings (SSSR count). The van der Waals surface area contributed by atoms with Crippen molar-refractivity contribution in [3.8, 4) is 0 Å². The van der Waals surface area contributed by atoms with Crippen LogP contribution >= 0.6 is 11.8 Å². The minimum absolute atomic E-state index is 0.00792. The van der Waals surface area contributed by atoms with Gasteiger partial charge < -0.3 is 10.2 Å². The van der Waals surface area contributed by atoms with E-state index in [1.807, 2.05) is 13.8 Å². The molecule has 12 heavy (non-hydrogen) atoms. The zero-order valence-electron chi connectivity index (χ0n) is 7.28. The van der Waals surface area contributed by atoms with Crippen LogP contribution in [0.15, 0.2) is 0 Å². The number of carboxylic acids is 1. The molecule has 0 aliphatic heterocycles. The fourth-order valence-corrected chi connectivity index (χ4v) is 2.90. The van der Waals surface area contributed by atoms with Gasteiger partial charge >= 0.3 is 5.97 Å². The summed E-state index contributed by atoms with van der Waals surface area (Å²) in [4.78, 5) is 10.9. The van der Waals surface area contributed by atoms with Crippen LogP contribution in [0.1, 0.15) is 20.3 Å². The van der Waals surface area contributed by atoms with Crippen molar-refractivity contribution in [1.29, 1.82) is 0 Å². The predicted octanol–water partition coefficient (Wildman–Crippen LogP) is 0.964. The number of hydrogen-bond acceptors (Lipinski definition) is 3. The first kappa shape index (κ1) is 9.86. The van der Waals surface area contributed by atoms with Gasteiger partial charge in [0.1, 0.15) is 4.75 Å². The monoisotopic (exact) mass is 190 g/mol. The van der Waals surface area contributed by atoms with Gasteiger partial charge in [-0.15, -0.1) is 11.8 Å². The van der Waals surface area contributed by atoms with E-state index >= 15 is 0 Å². The van der Waals surface area contributed by atoms with Crippen LogP contribution < -0.4 is 0 Å². The summed E-state index contributed by atoms with van der Waals surface area (Å²) in [5.41, 5.74) is 0. The van der Waals surface area contributed by atoms with Crippen molar-refractivity contribution in [2.24, 2.45) is 5.92 Å². The van der Waals surface area contributed by atoms with Crippen molar-refractivity contribution < 1.29 is 15.0 Å². The van der Waals surface area contributed by atoms with Gasteiger partial charge in [-0.3, -0.25) is 4.79 Å². The van der Waals surface area contributed by atoms with E-state index in [9.17, 15) is 4.79 Å². The Balaban J connectivity index is 2.59. The van der Waals surface area contributed by atoms with Crippen molar-refractivity contribution >= 4 is 17.7 Å². The van der Waals surface area contributed by atoms with E-state index in [2.05, 4.69) is 0 Å². The van der Waals surface area contributed by atoms with Crippen molar-refractivity contribution in [3.63, 3.8) is 0 Å². The van der Waals surface area contributed by atoms with E-state index < -0.39 is 10.7 Å². The zero-order valence-corrected chi connectivity index (χ0v) is 8.10. The molecule has 0 saturated heterocycles. The molecule has 1 saturated carbocycles. The third kappa shape index (κ3) is 1.59. The highest BCUT2D eigenvalue weighted by Crippen LogP contribution is 2.55. The maximum Gasteiger partial charge on any atom is 0.320 e. The normalized spacial score (nSPS) is 33.8. The standard InChI is InChI=1S/C8H14O3S/c1-5(2)12-8(7(10)11)3-6(8)4-9/h5-6,9H,3-4H2,1-2H3,(H,10,11). The second kappa shape index (κ2) is 3.26. The molecule has 1 aliphatic carbocycles. The largest absolute Gasteiger partial charge is 0.480 e. The molecule has 0 aromatic carbocycles. The van der Waals surface area contributed by atoms with Crippen molar-refractivity contribution in [1.82, 2.24) is 0 Å². The molecule has 2 N–H and O–H groups in total. The Bertz CT molecular complexity index is 193. The van der Waals surface area contributed by atoms with Gasteiger partial charge in [-0.05, 0) is 6.42 Å². The third-order valence-electron chi connectivity index (χ3n) is 2.08. The molecule has 2 unspecified atom stereocenters. The first-order chi connectivity index (χ1) is 5.53. The summed E-state index contributed by atoms with van der Waals surface area (Å²) in [6, 6.07) is 0. The van der Waals surface area contributed by atoms with Crippen LogP contribution in [0, 0.1) is 5.92 Å². The number of hydrogen-bond donors (Lipinski definition) is 2. The fraction of sp³-hybridized carbons (Fsp3) is 0.875. The lowest BCUT2D eigenvalue weighted by atomic mass is 10.3. The number of carboxylic acid groups (broad SMARTS) is 1. The van der Waals surface area contributed by atoms with E-state index in [0.717, 1.165) is 0 Å². The summed E-state index contributed by atoms with van der Waals surface area (Å²) in [6.07, 6.45) is 0.613. The molecule has 0 bridgehead atoms. The van der Waals surface area contributed by atoms with Gasteiger partial charge in [0.15, 0.2) is 0 Å². The second-order valence-electron chi connectivity index (χ2n) is 3.44. The molecule has 0 aromatic rings. The summed E-state index contributed by atoms with van der Waals surface area (Å²) in [5, 5.41) is 18.1. The van der Waals surface area contributed by atoms with Gasteiger partial charge in [-0.1, -0.05) is 13.8 Å². The number of aliphatic carboxylic acids is 1. The number of carbonyl (C=O) groups is 1. The molecule has 0 amide bonds. The highest BCUT2D eigenvalue weighted by molar-refractivity contribution is 8.02. The minimum atomic E-state index is -0.778. The zero-order chi connectivity index (χ0) is 9.35. The van der Waals surface area contributed by atoms with Crippen molar-refractivity contribution in [2.75, 3.05) is 6.61 Å². The van der Waals surface area contributed by atoms with Gasteiger partial charge in [-0.25, -0.2) is 0 Å². The van der Waals surface area contributed by atoms with E-state index in [1.165, 1.54) is 11.8 Å². The van der Waals surface area contributed by atoms with Gasteiger partial charge in [0.05, 0.1) is 0 Å². The Hall–Kier alpha value is -0.220. The van der Waals surface area contributed by atoms with Gasteiger partial charge in [0, 0.05) is 17.8 Å². The summed E-state index contributed by atoms with van der Waals surface area (Å²) in [5.74, 6) is -0.817. The average molecular weight is 190 g/mol. The molecule has 2 atom stereocenters. The molecule has 0 aromatic heterocycles. The molecule has 4 heteroatoms. The SMILES string of the molecule is CC(C)SC1(C(=O)O)CC1CO. The molecule has 70 valence electrons. The van der Waals surface area contributed by atoms with Gasteiger partial charge in [0.2, 0.25) is 0 Å². The first-order valence-electron chi connectivity index (χ1n) is 4.05. The molecular formula is C8H14O3S. The number of thioether (sulfide) groups is 1. The summed E-state index contributed by atoms with van der Waals surface area (Å²) in [7, 11) is 0. The number of aliphatic hydroxyl groups excluding tert-OH is 1. The van der Waals surface area contributed by atoms with E-state index in [-0.39, 0.29) is 12.5 Å². The van der Waals surface area contributed by atoms with Crippen LogP contribution in [0.3, 0.4) is 0 Å². The summed E-state index contributed by atoms with van der Waals surface area (Å²) < 4.78 is -0.678. The van der Waals surface area contributed by atoms with E-state index in [1.54, 1.807) is 0 Å². The maximum absolute atomic E-state index is 10.9. The Labute approximate surface area is 76.2 Å². The molecule has 0 spiro atoms. The first-order valence-corrected chi connectivity index (χ1v) is 4.93.